The van der Waals surface area contributed by atoms with E-state index in [-0.39, 0.29) is 32.8 Å². The molecule has 2 heterocycles. The standard InChI is InChI=1S/C18H15Cl2F3N2O4/c1-16(2,3)27-15(26)14-7-12(24-28-14)13-8-17(29-25-13,18(21,22)23)9-4-10(19)6-11(20)5-9/h4-7H,8H2,1-3H3. The molecule has 2 aromatic rings. The van der Waals surface area contributed by atoms with E-state index in [2.05, 4.69) is 10.3 Å². The second-order valence-electron chi connectivity index (χ2n) is 7.37. The molecule has 29 heavy (non-hydrogen) atoms. The number of alkyl halides is 3. The van der Waals surface area contributed by atoms with Gasteiger partial charge in [0.05, 0.1) is 6.42 Å². The highest BCUT2D eigenvalue weighted by Crippen LogP contribution is 2.49. The average molecular weight is 451 g/mol. The van der Waals surface area contributed by atoms with Gasteiger partial charge in [-0.3, -0.25) is 0 Å². The van der Waals surface area contributed by atoms with Crippen molar-refractivity contribution in [3.05, 3.63) is 51.3 Å². The maximum absolute atomic E-state index is 14.0. The number of oxime groups is 1. The maximum atomic E-state index is 14.0. The minimum absolute atomic E-state index is 0.0156. The topological polar surface area (TPSA) is 73.9 Å². The molecule has 0 fully saturated rings. The van der Waals surface area contributed by atoms with E-state index >= 15 is 0 Å². The molecule has 0 radical (unpaired) electrons. The van der Waals surface area contributed by atoms with E-state index in [0.717, 1.165) is 18.2 Å². The molecule has 1 aliphatic heterocycles. The summed E-state index contributed by atoms with van der Waals surface area (Å²) in [6.07, 6.45) is -5.56. The highest BCUT2D eigenvalue weighted by molar-refractivity contribution is 6.34. The largest absolute Gasteiger partial charge is 0.454 e. The Hall–Kier alpha value is -2.26. The van der Waals surface area contributed by atoms with Gasteiger partial charge in [0, 0.05) is 21.7 Å². The fourth-order valence-corrected chi connectivity index (χ4v) is 3.19. The Morgan fingerprint density at radius 2 is 1.76 bits per heavy atom. The van der Waals surface area contributed by atoms with Crippen molar-refractivity contribution in [2.45, 2.75) is 44.6 Å². The highest BCUT2D eigenvalue weighted by atomic mass is 35.5. The average Bonchev–Trinajstić information content (AvgIpc) is 3.19. The molecule has 0 saturated carbocycles. The summed E-state index contributed by atoms with van der Waals surface area (Å²) in [5.74, 6) is -1.08. The number of nitrogens with zero attached hydrogens (tertiary/aromatic N) is 2. The van der Waals surface area contributed by atoms with Gasteiger partial charge in [-0.05, 0) is 39.0 Å². The summed E-state index contributed by atoms with van der Waals surface area (Å²) in [6.45, 7) is 4.97. The van der Waals surface area contributed by atoms with E-state index in [9.17, 15) is 18.0 Å². The van der Waals surface area contributed by atoms with Crippen LogP contribution in [0.25, 0.3) is 0 Å². The Kier molecular flexibility index (Phi) is 5.33. The highest BCUT2D eigenvalue weighted by Gasteiger charge is 2.62. The molecular formula is C18H15Cl2F3N2O4. The van der Waals surface area contributed by atoms with Crippen molar-refractivity contribution < 1.29 is 32.1 Å². The molecule has 1 atom stereocenters. The third-order valence-corrected chi connectivity index (χ3v) is 4.36. The second-order valence-corrected chi connectivity index (χ2v) is 8.24. The van der Waals surface area contributed by atoms with Gasteiger partial charge in [0.15, 0.2) is 0 Å². The number of hydrogen-bond acceptors (Lipinski definition) is 6. The first-order valence-electron chi connectivity index (χ1n) is 8.29. The molecule has 1 aliphatic rings. The molecular weight excluding hydrogens is 436 g/mol. The SMILES string of the molecule is CC(C)(C)OC(=O)c1cc(C2=NOC(c3cc(Cl)cc(Cl)c3)(C(F)(F)F)C2)no1. The molecule has 0 amide bonds. The molecule has 1 aromatic heterocycles. The molecule has 0 N–H and O–H groups in total. The van der Waals surface area contributed by atoms with Gasteiger partial charge in [0.25, 0.3) is 5.60 Å². The Bertz CT molecular complexity index is 962. The van der Waals surface area contributed by atoms with E-state index in [4.69, 9.17) is 37.3 Å². The molecule has 0 aliphatic carbocycles. The number of aromatic nitrogens is 1. The fraction of sp³-hybridized carbons (Fsp3) is 0.389. The van der Waals surface area contributed by atoms with Gasteiger partial charge in [-0.25, -0.2) is 4.79 Å². The summed E-state index contributed by atoms with van der Waals surface area (Å²) in [5, 5.41) is 7.20. The zero-order chi connectivity index (χ0) is 21.6. The molecule has 0 spiro atoms. The third-order valence-electron chi connectivity index (χ3n) is 3.92. The first kappa shape index (κ1) is 21.4. The van der Waals surface area contributed by atoms with Gasteiger partial charge in [-0.1, -0.05) is 33.5 Å². The number of rotatable bonds is 3. The number of esters is 1. The number of halogens is 5. The van der Waals surface area contributed by atoms with Crippen LogP contribution in [-0.4, -0.2) is 28.6 Å². The Morgan fingerprint density at radius 3 is 2.31 bits per heavy atom. The number of carbonyl (C=O) groups excluding carboxylic acids is 1. The minimum atomic E-state index is -4.84. The molecule has 0 saturated heterocycles. The van der Waals surface area contributed by atoms with E-state index in [1.54, 1.807) is 20.8 Å². The van der Waals surface area contributed by atoms with Crippen LogP contribution in [0, 0.1) is 0 Å². The van der Waals surface area contributed by atoms with Gasteiger partial charge >= 0.3 is 12.1 Å². The third kappa shape index (κ3) is 4.35. The predicted octanol–water partition coefficient (Wildman–Crippen LogP) is 5.52. The van der Waals surface area contributed by atoms with E-state index in [1.165, 1.54) is 6.07 Å². The fourth-order valence-electron chi connectivity index (χ4n) is 2.66. The predicted molar refractivity (Wildman–Crippen MR) is 98.1 cm³/mol. The van der Waals surface area contributed by atoms with Gasteiger partial charge < -0.3 is 14.1 Å². The number of benzene rings is 1. The van der Waals surface area contributed by atoms with Crippen LogP contribution in [0.15, 0.2) is 33.9 Å². The van der Waals surface area contributed by atoms with E-state index in [1.807, 2.05) is 0 Å². The van der Waals surface area contributed by atoms with E-state index in [0.29, 0.717) is 0 Å². The lowest BCUT2D eigenvalue weighted by Gasteiger charge is -2.29. The maximum Gasteiger partial charge on any atom is 0.435 e. The summed E-state index contributed by atoms with van der Waals surface area (Å²) in [7, 11) is 0. The van der Waals surface area contributed by atoms with Crippen LogP contribution >= 0.6 is 23.2 Å². The zero-order valence-electron chi connectivity index (χ0n) is 15.4. The van der Waals surface area contributed by atoms with Crippen molar-refractivity contribution in [1.29, 1.82) is 0 Å². The summed E-state index contributed by atoms with van der Waals surface area (Å²) in [5.41, 5.74) is -4.13. The van der Waals surface area contributed by atoms with Gasteiger partial charge in [0.1, 0.15) is 17.0 Å². The van der Waals surface area contributed by atoms with Crippen molar-refractivity contribution in [3.63, 3.8) is 0 Å². The molecule has 3 rings (SSSR count). The van der Waals surface area contributed by atoms with Crippen LogP contribution in [0.2, 0.25) is 10.0 Å². The second kappa shape index (κ2) is 7.21. The van der Waals surface area contributed by atoms with E-state index < -0.39 is 29.8 Å². The lowest BCUT2D eigenvalue weighted by molar-refractivity contribution is -0.275. The number of carbonyl (C=O) groups is 1. The van der Waals surface area contributed by atoms with Crippen molar-refractivity contribution in [2.75, 3.05) is 0 Å². The van der Waals surface area contributed by atoms with Crippen LogP contribution in [0.1, 0.15) is 49.0 Å². The molecule has 11 heteroatoms. The smallest absolute Gasteiger partial charge is 0.435 e. The molecule has 6 nitrogen and oxygen atoms in total. The minimum Gasteiger partial charge on any atom is -0.454 e. The van der Waals surface area contributed by atoms with Crippen molar-refractivity contribution in [2.24, 2.45) is 5.16 Å². The monoisotopic (exact) mass is 450 g/mol. The first-order chi connectivity index (χ1) is 13.3. The lowest BCUT2D eigenvalue weighted by atomic mass is 9.87. The normalized spacial score (nSPS) is 19.7. The summed E-state index contributed by atoms with van der Waals surface area (Å²) < 4.78 is 51.9. The van der Waals surface area contributed by atoms with Gasteiger partial charge in [0.2, 0.25) is 5.76 Å². The molecule has 0 bridgehead atoms. The summed E-state index contributed by atoms with van der Waals surface area (Å²) >= 11 is 11.7. The van der Waals surface area contributed by atoms with Gasteiger partial charge in [-0.15, -0.1) is 0 Å². The van der Waals surface area contributed by atoms with Crippen LogP contribution in [0.3, 0.4) is 0 Å². The van der Waals surface area contributed by atoms with Crippen LogP contribution in [0.4, 0.5) is 13.2 Å². The van der Waals surface area contributed by atoms with Crippen molar-refractivity contribution in [1.82, 2.24) is 5.16 Å². The Balaban J connectivity index is 1.91. The van der Waals surface area contributed by atoms with Crippen LogP contribution in [0.5, 0.6) is 0 Å². The lowest BCUT2D eigenvalue weighted by Crippen LogP contribution is -2.42. The Labute approximate surface area is 173 Å². The summed E-state index contributed by atoms with van der Waals surface area (Å²) in [6, 6.07) is 4.66. The zero-order valence-corrected chi connectivity index (χ0v) is 16.9. The number of ether oxygens (including phenoxy) is 1. The quantitative estimate of drug-likeness (QED) is 0.575. The van der Waals surface area contributed by atoms with Gasteiger partial charge in [-0.2, -0.15) is 13.2 Å². The van der Waals surface area contributed by atoms with Crippen molar-refractivity contribution in [3.8, 4) is 0 Å². The van der Waals surface area contributed by atoms with Crippen molar-refractivity contribution >= 4 is 34.9 Å². The summed E-state index contributed by atoms with van der Waals surface area (Å²) in [4.78, 5) is 16.9. The Morgan fingerprint density at radius 1 is 1.14 bits per heavy atom. The van der Waals surface area contributed by atoms with Crippen LogP contribution < -0.4 is 0 Å². The molecule has 1 unspecified atom stereocenters. The first-order valence-corrected chi connectivity index (χ1v) is 9.05. The van der Waals surface area contributed by atoms with Crippen LogP contribution in [-0.2, 0) is 15.2 Å². The molecule has 156 valence electrons. The molecule has 1 aromatic carbocycles. The number of hydrogen-bond donors (Lipinski definition) is 0.